The summed E-state index contributed by atoms with van der Waals surface area (Å²) in [5.74, 6) is 0. The highest BCUT2D eigenvalue weighted by Gasteiger charge is 2.16. The third-order valence-electron chi connectivity index (χ3n) is 2.01. The summed E-state index contributed by atoms with van der Waals surface area (Å²) in [5.41, 5.74) is 1.44. The van der Waals surface area contributed by atoms with E-state index in [1.165, 1.54) is 18.4 Å². The monoisotopic (exact) mass is 135 g/mol. The molecule has 0 aromatic heterocycles. The largest absolute Gasteiger partial charge is 0.307 e. The molecule has 1 fully saturated rings. The first-order chi connectivity index (χ1) is 4.97. The van der Waals surface area contributed by atoms with Crippen molar-refractivity contribution in [2.75, 3.05) is 6.54 Å². The van der Waals surface area contributed by atoms with Gasteiger partial charge in [0, 0.05) is 12.4 Å². The maximum absolute atomic E-state index is 4.08. The van der Waals surface area contributed by atoms with Gasteiger partial charge in [-0.1, -0.05) is 0 Å². The lowest BCUT2D eigenvalue weighted by Gasteiger charge is -2.25. The molecule has 0 aromatic rings. The van der Waals surface area contributed by atoms with E-state index in [1.807, 2.05) is 12.4 Å². The molecule has 10 heavy (non-hydrogen) atoms. The van der Waals surface area contributed by atoms with E-state index in [-0.39, 0.29) is 0 Å². The van der Waals surface area contributed by atoms with Gasteiger partial charge in [0.05, 0.1) is 6.04 Å². The lowest BCUT2D eigenvalue weighted by atomic mass is 9.97. The van der Waals surface area contributed by atoms with Crippen LogP contribution in [0.4, 0.5) is 0 Å². The Kier molecular flexibility index (Phi) is 1.47. The Hall–Kier alpha value is -0.760. The van der Waals surface area contributed by atoms with E-state index in [0.717, 1.165) is 6.54 Å². The predicted molar refractivity (Wildman–Crippen MR) is 40.4 cm³/mol. The van der Waals surface area contributed by atoms with Gasteiger partial charge in [0.25, 0.3) is 0 Å². The zero-order chi connectivity index (χ0) is 6.81. The number of fused-ring (bicyclic) bond motifs is 1. The summed E-state index contributed by atoms with van der Waals surface area (Å²) >= 11 is 0. The fourth-order valence-corrected chi connectivity index (χ4v) is 1.45. The molecule has 2 nitrogen and oxygen atoms in total. The average molecular weight is 135 g/mol. The second-order valence-corrected chi connectivity index (χ2v) is 2.73. The van der Waals surface area contributed by atoms with Gasteiger partial charge in [-0.15, -0.1) is 0 Å². The van der Waals surface area contributed by atoms with Crippen LogP contribution in [0.2, 0.25) is 0 Å². The van der Waals surface area contributed by atoms with Gasteiger partial charge in [-0.05, 0) is 31.0 Å². The van der Waals surface area contributed by atoms with Crippen molar-refractivity contribution in [1.82, 2.24) is 10.6 Å². The molecule has 1 radical (unpaired) electrons. The van der Waals surface area contributed by atoms with Gasteiger partial charge < -0.3 is 5.32 Å². The van der Waals surface area contributed by atoms with Crippen molar-refractivity contribution in [3.8, 4) is 0 Å². The van der Waals surface area contributed by atoms with Gasteiger partial charge in [-0.25, -0.2) is 0 Å². The summed E-state index contributed by atoms with van der Waals surface area (Å²) in [4.78, 5) is 0. The highest BCUT2D eigenvalue weighted by atomic mass is 14.9. The second-order valence-electron chi connectivity index (χ2n) is 2.73. The summed E-state index contributed by atoms with van der Waals surface area (Å²) in [5, 5.41) is 7.48. The van der Waals surface area contributed by atoms with Crippen LogP contribution < -0.4 is 10.6 Å². The number of rotatable bonds is 0. The molecule has 1 saturated heterocycles. The highest BCUT2D eigenvalue weighted by Crippen LogP contribution is 2.17. The van der Waals surface area contributed by atoms with Crippen LogP contribution >= 0.6 is 0 Å². The van der Waals surface area contributed by atoms with Crippen molar-refractivity contribution in [2.45, 2.75) is 18.9 Å². The Morgan fingerprint density at radius 1 is 1.60 bits per heavy atom. The molecule has 0 aliphatic carbocycles. The van der Waals surface area contributed by atoms with Crippen molar-refractivity contribution in [2.24, 2.45) is 0 Å². The number of nitrogens with one attached hydrogen (secondary N) is 1. The van der Waals surface area contributed by atoms with Crippen LogP contribution in [0.15, 0.2) is 24.0 Å². The van der Waals surface area contributed by atoms with Crippen molar-refractivity contribution in [1.29, 1.82) is 0 Å². The Morgan fingerprint density at radius 3 is 3.50 bits per heavy atom. The molecule has 0 bridgehead atoms. The molecule has 0 spiro atoms. The first kappa shape index (κ1) is 5.98. The fourth-order valence-electron chi connectivity index (χ4n) is 1.45. The molecule has 0 saturated carbocycles. The summed E-state index contributed by atoms with van der Waals surface area (Å²) in [6, 6.07) is 0.492. The van der Waals surface area contributed by atoms with Crippen molar-refractivity contribution in [3.05, 3.63) is 24.0 Å². The normalized spacial score (nSPS) is 30.4. The lowest BCUT2D eigenvalue weighted by Crippen LogP contribution is -2.36. The second kappa shape index (κ2) is 2.46. The maximum atomic E-state index is 4.08. The van der Waals surface area contributed by atoms with E-state index in [1.54, 1.807) is 0 Å². The lowest BCUT2D eigenvalue weighted by molar-refractivity contribution is 0.537. The molecule has 1 unspecified atom stereocenters. The van der Waals surface area contributed by atoms with Crippen LogP contribution in [0.25, 0.3) is 0 Å². The minimum absolute atomic E-state index is 0.492. The minimum atomic E-state index is 0.492. The fraction of sp³-hybridized carbons (Fsp3) is 0.500. The molecule has 2 aliphatic rings. The van der Waals surface area contributed by atoms with Crippen molar-refractivity contribution >= 4 is 0 Å². The molecule has 2 heteroatoms. The Bertz CT molecular complexity index is 182. The van der Waals surface area contributed by atoms with E-state index >= 15 is 0 Å². The van der Waals surface area contributed by atoms with E-state index in [0.29, 0.717) is 6.04 Å². The molecule has 2 rings (SSSR count). The van der Waals surface area contributed by atoms with Crippen LogP contribution in [0.3, 0.4) is 0 Å². The molecule has 0 amide bonds. The SMILES string of the molecule is C1=CC2NCCCC2=C[N]1. The average Bonchev–Trinajstić information content (AvgIpc) is 2.05. The van der Waals surface area contributed by atoms with E-state index in [9.17, 15) is 0 Å². The zero-order valence-electron chi connectivity index (χ0n) is 5.88. The van der Waals surface area contributed by atoms with E-state index in [2.05, 4.69) is 16.7 Å². The third kappa shape index (κ3) is 0.948. The van der Waals surface area contributed by atoms with Crippen LogP contribution in [0, 0.1) is 0 Å². The first-order valence-corrected chi connectivity index (χ1v) is 3.76. The molecule has 1 N–H and O–H groups in total. The quantitative estimate of drug-likeness (QED) is 0.521. The van der Waals surface area contributed by atoms with Gasteiger partial charge in [0.1, 0.15) is 0 Å². The topological polar surface area (TPSA) is 26.1 Å². The van der Waals surface area contributed by atoms with Crippen LogP contribution in [-0.4, -0.2) is 12.6 Å². The summed E-state index contributed by atoms with van der Waals surface area (Å²) in [6.07, 6.45) is 8.44. The summed E-state index contributed by atoms with van der Waals surface area (Å²) in [6.45, 7) is 1.15. The Morgan fingerprint density at radius 2 is 2.60 bits per heavy atom. The molecular weight excluding hydrogens is 124 g/mol. The molecule has 1 atom stereocenters. The zero-order valence-corrected chi connectivity index (χ0v) is 5.88. The number of piperidine rings is 1. The molecule has 2 aliphatic heterocycles. The summed E-state index contributed by atoms with van der Waals surface area (Å²) < 4.78 is 0. The van der Waals surface area contributed by atoms with Gasteiger partial charge in [0.15, 0.2) is 0 Å². The van der Waals surface area contributed by atoms with E-state index < -0.39 is 0 Å². The molecule has 53 valence electrons. The molecule has 0 aromatic carbocycles. The van der Waals surface area contributed by atoms with E-state index in [4.69, 9.17) is 0 Å². The highest BCUT2D eigenvalue weighted by molar-refractivity contribution is 5.23. The van der Waals surface area contributed by atoms with Crippen molar-refractivity contribution < 1.29 is 0 Å². The van der Waals surface area contributed by atoms with Crippen LogP contribution in [0.5, 0.6) is 0 Å². The minimum Gasteiger partial charge on any atom is -0.307 e. The molecular formula is C8H11N2. The Balaban J connectivity index is 2.13. The summed E-state index contributed by atoms with van der Waals surface area (Å²) in [7, 11) is 0. The van der Waals surface area contributed by atoms with Crippen LogP contribution in [0.1, 0.15) is 12.8 Å². The van der Waals surface area contributed by atoms with Gasteiger partial charge >= 0.3 is 0 Å². The predicted octanol–water partition coefficient (Wildman–Crippen LogP) is 0.754. The standard InChI is InChI=1S/C8H11N2/c1-2-7-6-9-5-3-8(7)10-4-1/h3,5-6,8,10H,1-2,4H2. The molecule has 2 heterocycles. The van der Waals surface area contributed by atoms with Gasteiger partial charge in [-0.2, -0.15) is 0 Å². The number of nitrogens with zero attached hydrogens (tertiary/aromatic N) is 1. The first-order valence-electron chi connectivity index (χ1n) is 3.76. The smallest absolute Gasteiger partial charge is 0.0501 e. The van der Waals surface area contributed by atoms with Gasteiger partial charge in [0.2, 0.25) is 0 Å². The maximum Gasteiger partial charge on any atom is 0.0501 e. The van der Waals surface area contributed by atoms with Crippen molar-refractivity contribution in [3.63, 3.8) is 0 Å². The van der Waals surface area contributed by atoms with Crippen LogP contribution in [-0.2, 0) is 0 Å². The number of hydrogen-bond acceptors (Lipinski definition) is 1. The number of hydrogen-bond donors (Lipinski definition) is 1. The Labute approximate surface area is 61.0 Å². The van der Waals surface area contributed by atoms with Gasteiger partial charge in [-0.3, -0.25) is 5.32 Å². The third-order valence-corrected chi connectivity index (χ3v) is 2.01.